The predicted octanol–water partition coefficient (Wildman–Crippen LogP) is 2.94. The average molecular weight is 279 g/mol. The van der Waals surface area contributed by atoms with E-state index in [4.69, 9.17) is 4.42 Å². The summed E-state index contributed by atoms with van der Waals surface area (Å²) in [5.74, 6) is 0.964. The number of aliphatic hydroxyl groups is 1. The number of benzene rings is 1. The van der Waals surface area contributed by atoms with Crippen molar-refractivity contribution in [2.24, 2.45) is 0 Å². The number of aryl methyl sites for hydroxylation is 1. The standard InChI is InChI=1S/C15H21NO2S/c1-10(15(9-17)19-3)16-8-13-11(2)18-14-7-5-4-6-12(13)14/h4-7,10,15-17H,8-9H2,1-3H3. The van der Waals surface area contributed by atoms with Gasteiger partial charge in [-0.1, -0.05) is 18.2 Å². The topological polar surface area (TPSA) is 45.4 Å². The SMILES string of the molecule is CSC(CO)C(C)NCc1c(C)oc2ccccc12. The summed E-state index contributed by atoms with van der Waals surface area (Å²) in [7, 11) is 0. The lowest BCUT2D eigenvalue weighted by atomic mass is 10.1. The molecule has 19 heavy (non-hydrogen) atoms. The van der Waals surface area contributed by atoms with E-state index in [1.54, 1.807) is 11.8 Å². The van der Waals surface area contributed by atoms with Gasteiger partial charge in [0.2, 0.25) is 0 Å². The summed E-state index contributed by atoms with van der Waals surface area (Å²) in [5, 5.41) is 14.2. The molecular formula is C15H21NO2S. The number of aliphatic hydroxyl groups excluding tert-OH is 1. The summed E-state index contributed by atoms with van der Waals surface area (Å²) in [6.07, 6.45) is 2.03. The molecule has 2 rings (SSSR count). The zero-order valence-corrected chi connectivity index (χ0v) is 12.5. The number of hydrogen-bond donors (Lipinski definition) is 2. The molecule has 0 spiro atoms. The molecule has 1 aromatic carbocycles. The van der Waals surface area contributed by atoms with Gasteiger partial charge in [0.05, 0.1) is 6.61 Å². The lowest BCUT2D eigenvalue weighted by molar-refractivity contribution is 0.276. The maximum absolute atomic E-state index is 9.30. The molecule has 0 fully saturated rings. The Morgan fingerprint density at radius 3 is 2.79 bits per heavy atom. The van der Waals surface area contributed by atoms with Gasteiger partial charge in [-0.15, -0.1) is 0 Å². The Bertz CT molecular complexity index is 534. The van der Waals surface area contributed by atoms with Gasteiger partial charge >= 0.3 is 0 Å². The Labute approximate surface area is 118 Å². The quantitative estimate of drug-likeness (QED) is 0.853. The number of fused-ring (bicyclic) bond motifs is 1. The highest BCUT2D eigenvalue weighted by Crippen LogP contribution is 2.25. The molecule has 0 aliphatic rings. The predicted molar refractivity (Wildman–Crippen MR) is 81.6 cm³/mol. The largest absolute Gasteiger partial charge is 0.461 e. The Hall–Kier alpha value is -0.970. The number of thioether (sulfide) groups is 1. The lowest BCUT2D eigenvalue weighted by Gasteiger charge is -2.21. The summed E-state index contributed by atoms with van der Waals surface area (Å²) in [4.78, 5) is 0. The third-order valence-electron chi connectivity index (χ3n) is 3.54. The number of rotatable bonds is 6. The Kier molecular flexibility index (Phi) is 4.91. The first-order valence-corrected chi connectivity index (χ1v) is 7.80. The van der Waals surface area contributed by atoms with E-state index in [9.17, 15) is 5.11 Å². The van der Waals surface area contributed by atoms with E-state index in [-0.39, 0.29) is 17.9 Å². The van der Waals surface area contributed by atoms with Crippen LogP contribution < -0.4 is 5.32 Å². The molecular weight excluding hydrogens is 258 g/mol. The van der Waals surface area contributed by atoms with Gasteiger partial charge in [-0.3, -0.25) is 0 Å². The monoisotopic (exact) mass is 279 g/mol. The van der Waals surface area contributed by atoms with Crippen molar-refractivity contribution in [3.63, 3.8) is 0 Å². The molecule has 2 unspecified atom stereocenters. The fourth-order valence-electron chi connectivity index (χ4n) is 2.27. The second-order valence-electron chi connectivity index (χ2n) is 4.76. The Morgan fingerprint density at radius 2 is 2.11 bits per heavy atom. The van der Waals surface area contributed by atoms with Crippen molar-refractivity contribution in [2.75, 3.05) is 12.9 Å². The van der Waals surface area contributed by atoms with E-state index in [0.717, 1.165) is 17.9 Å². The van der Waals surface area contributed by atoms with Crippen LogP contribution in [0.25, 0.3) is 11.0 Å². The molecule has 3 nitrogen and oxygen atoms in total. The molecule has 2 atom stereocenters. The summed E-state index contributed by atoms with van der Waals surface area (Å²) in [6.45, 7) is 5.07. The second kappa shape index (κ2) is 6.46. The molecule has 1 heterocycles. The first kappa shape index (κ1) is 14.4. The minimum Gasteiger partial charge on any atom is -0.461 e. The van der Waals surface area contributed by atoms with Crippen LogP contribution in [0.15, 0.2) is 28.7 Å². The highest BCUT2D eigenvalue weighted by Gasteiger charge is 2.16. The van der Waals surface area contributed by atoms with Crippen LogP contribution in [0.5, 0.6) is 0 Å². The minimum absolute atomic E-state index is 0.195. The molecule has 1 aromatic heterocycles. The van der Waals surface area contributed by atoms with E-state index in [0.29, 0.717) is 0 Å². The highest BCUT2D eigenvalue weighted by molar-refractivity contribution is 7.99. The molecule has 0 radical (unpaired) electrons. The van der Waals surface area contributed by atoms with E-state index >= 15 is 0 Å². The molecule has 2 N–H and O–H groups in total. The van der Waals surface area contributed by atoms with Crippen molar-refractivity contribution < 1.29 is 9.52 Å². The Balaban J connectivity index is 2.11. The van der Waals surface area contributed by atoms with Crippen LogP contribution in [0.1, 0.15) is 18.2 Å². The third kappa shape index (κ3) is 3.14. The maximum Gasteiger partial charge on any atom is 0.134 e. The van der Waals surface area contributed by atoms with Crippen LogP contribution >= 0.6 is 11.8 Å². The molecule has 0 aliphatic carbocycles. The van der Waals surface area contributed by atoms with Crippen LogP contribution in [0.4, 0.5) is 0 Å². The van der Waals surface area contributed by atoms with Crippen molar-refractivity contribution in [3.8, 4) is 0 Å². The van der Waals surface area contributed by atoms with Crippen LogP contribution in [-0.4, -0.2) is 29.3 Å². The van der Waals surface area contributed by atoms with Crippen molar-refractivity contribution >= 4 is 22.7 Å². The first-order chi connectivity index (χ1) is 9.17. The van der Waals surface area contributed by atoms with Gasteiger partial charge in [-0.05, 0) is 26.2 Å². The number of nitrogens with one attached hydrogen (secondary N) is 1. The zero-order valence-electron chi connectivity index (χ0n) is 11.6. The van der Waals surface area contributed by atoms with Gasteiger partial charge in [-0.25, -0.2) is 0 Å². The van der Waals surface area contributed by atoms with Crippen LogP contribution in [0, 0.1) is 6.92 Å². The van der Waals surface area contributed by atoms with E-state index in [1.807, 2.05) is 31.4 Å². The van der Waals surface area contributed by atoms with Crippen LogP contribution in [-0.2, 0) is 6.54 Å². The summed E-state index contributed by atoms with van der Waals surface area (Å²) in [5.41, 5.74) is 2.15. The van der Waals surface area contributed by atoms with Gasteiger partial charge in [0.1, 0.15) is 11.3 Å². The molecule has 0 bridgehead atoms. The zero-order chi connectivity index (χ0) is 13.8. The fraction of sp³-hybridized carbons (Fsp3) is 0.467. The maximum atomic E-state index is 9.30. The lowest BCUT2D eigenvalue weighted by Crippen LogP contribution is -2.37. The van der Waals surface area contributed by atoms with Gasteiger partial charge < -0.3 is 14.8 Å². The van der Waals surface area contributed by atoms with Gasteiger partial charge in [0, 0.05) is 28.8 Å². The summed E-state index contributed by atoms with van der Waals surface area (Å²) in [6, 6.07) is 8.36. The third-order valence-corrected chi connectivity index (χ3v) is 4.70. The van der Waals surface area contributed by atoms with Gasteiger partial charge in [0.25, 0.3) is 0 Å². The molecule has 0 saturated heterocycles. The highest BCUT2D eigenvalue weighted by atomic mass is 32.2. The molecule has 0 saturated carbocycles. The summed E-state index contributed by atoms with van der Waals surface area (Å²) >= 11 is 1.69. The Morgan fingerprint density at radius 1 is 1.37 bits per heavy atom. The smallest absolute Gasteiger partial charge is 0.134 e. The van der Waals surface area contributed by atoms with Crippen molar-refractivity contribution in [2.45, 2.75) is 31.7 Å². The molecule has 104 valence electrons. The molecule has 2 aromatic rings. The fourth-order valence-corrected chi connectivity index (χ4v) is 2.93. The average Bonchev–Trinajstić information content (AvgIpc) is 2.73. The molecule has 0 aliphatic heterocycles. The number of para-hydroxylation sites is 1. The van der Waals surface area contributed by atoms with E-state index < -0.39 is 0 Å². The van der Waals surface area contributed by atoms with Crippen LogP contribution in [0.2, 0.25) is 0 Å². The minimum atomic E-state index is 0.195. The number of hydrogen-bond acceptors (Lipinski definition) is 4. The first-order valence-electron chi connectivity index (χ1n) is 6.51. The van der Waals surface area contributed by atoms with Gasteiger partial charge in [0.15, 0.2) is 0 Å². The van der Waals surface area contributed by atoms with Crippen molar-refractivity contribution in [1.82, 2.24) is 5.32 Å². The van der Waals surface area contributed by atoms with Crippen molar-refractivity contribution in [3.05, 3.63) is 35.6 Å². The normalized spacial score (nSPS) is 14.7. The summed E-state index contributed by atoms with van der Waals surface area (Å²) < 4.78 is 5.75. The van der Waals surface area contributed by atoms with E-state index in [1.165, 1.54) is 10.9 Å². The molecule has 4 heteroatoms. The van der Waals surface area contributed by atoms with Crippen LogP contribution in [0.3, 0.4) is 0 Å². The van der Waals surface area contributed by atoms with Gasteiger partial charge in [-0.2, -0.15) is 11.8 Å². The molecule has 0 amide bonds. The number of furan rings is 1. The van der Waals surface area contributed by atoms with Crippen molar-refractivity contribution in [1.29, 1.82) is 0 Å². The van der Waals surface area contributed by atoms with E-state index in [2.05, 4.69) is 18.3 Å². The second-order valence-corrected chi connectivity index (χ2v) is 5.84.